The summed E-state index contributed by atoms with van der Waals surface area (Å²) in [6.07, 6.45) is 1.89. The van der Waals surface area contributed by atoms with Gasteiger partial charge in [-0.2, -0.15) is 0 Å². The Balaban J connectivity index is 3.03. The van der Waals surface area contributed by atoms with Gasteiger partial charge in [0.2, 0.25) is 10.0 Å². The quantitative estimate of drug-likeness (QED) is 0.801. The lowest BCUT2D eigenvalue weighted by Gasteiger charge is -2.14. The highest BCUT2D eigenvalue weighted by Crippen LogP contribution is 2.15. The van der Waals surface area contributed by atoms with Gasteiger partial charge >= 0.3 is 5.97 Å². The van der Waals surface area contributed by atoms with Gasteiger partial charge in [-0.15, -0.1) is 0 Å². The Morgan fingerprint density at radius 1 is 1.56 bits per heavy atom. The SMILES string of the molecule is CCCN(C)S(=O)(=O)c1c[nH]c(C(=O)O)c1. The molecule has 7 heteroatoms. The summed E-state index contributed by atoms with van der Waals surface area (Å²) in [6, 6.07) is 1.11. The molecule has 0 aliphatic carbocycles. The summed E-state index contributed by atoms with van der Waals surface area (Å²) in [5, 5.41) is 8.67. The maximum Gasteiger partial charge on any atom is 0.352 e. The van der Waals surface area contributed by atoms with Gasteiger partial charge in [0.1, 0.15) is 10.6 Å². The molecule has 0 fully saturated rings. The van der Waals surface area contributed by atoms with Gasteiger partial charge in [-0.1, -0.05) is 6.92 Å². The van der Waals surface area contributed by atoms with E-state index in [4.69, 9.17) is 5.11 Å². The highest BCUT2D eigenvalue weighted by atomic mass is 32.2. The third-order valence-corrected chi connectivity index (χ3v) is 3.97. The minimum absolute atomic E-state index is 0.0270. The molecule has 0 radical (unpaired) electrons. The van der Waals surface area contributed by atoms with Crippen LogP contribution in [0.5, 0.6) is 0 Å². The highest BCUT2D eigenvalue weighted by Gasteiger charge is 2.22. The minimum atomic E-state index is -3.58. The number of rotatable bonds is 5. The predicted molar refractivity (Wildman–Crippen MR) is 57.9 cm³/mol. The van der Waals surface area contributed by atoms with E-state index in [1.807, 2.05) is 6.92 Å². The minimum Gasteiger partial charge on any atom is -0.477 e. The predicted octanol–water partition coefficient (Wildman–Crippen LogP) is 0.743. The number of sulfonamides is 1. The van der Waals surface area contributed by atoms with Gasteiger partial charge in [0.05, 0.1) is 0 Å². The number of carboxylic acid groups (broad SMARTS) is 1. The molecule has 0 saturated heterocycles. The van der Waals surface area contributed by atoms with E-state index in [0.717, 1.165) is 6.07 Å². The summed E-state index contributed by atoms with van der Waals surface area (Å²) in [5.74, 6) is -1.18. The Hall–Kier alpha value is -1.34. The number of carboxylic acids is 1. The van der Waals surface area contributed by atoms with Crippen molar-refractivity contribution < 1.29 is 18.3 Å². The number of nitrogens with zero attached hydrogens (tertiary/aromatic N) is 1. The zero-order valence-electron chi connectivity index (χ0n) is 9.10. The maximum absolute atomic E-state index is 11.9. The maximum atomic E-state index is 11.9. The Morgan fingerprint density at radius 2 is 2.19 bits per heavy atom. The van der Waals surface area contributed by atoms with Crippen molar-refractivity contribution in [2.75, 3.05) is 13.6 Å². The van der Waals surface area contributed by atoms with E-state index in [0.29, 0.717) is 13.0 Å². The third-order valence-electron chi connectivity index (χ3n) is 2.13. The van der Waals surface area contributed by atoms with Crippen molar-refractivity contribution in [3.05, 3.63) is 18.0 Å². The number of aromatic carboxylic acids is 1. The van der Waals surface area contributed by atoms with Gasteiger partial charge in [-0.3, -0.25) is 0 Å². The van der Waals surface area contributed by atoms with Gasteiger partial charge in [0.15, 0.2) is 0 Å². The van der Waals surface area contributed by atoms with Gasteiger partial charge < -0.3 is 10.1 Å². The molecule has 90 valence electrons. The molecule has 16 heavy (non-hydrogen) atoms. The zero-order chi connectivity index (χ0) is 12.3. The summed E-state index contributed by atoms with van der Waals surface area (Å²) in [5.41, 5.74) is -0.136. The summed E-state index contributed by atoms with van der Waals surface area (Å²) in [6.45, 7) is 2.27. The summed E-state index contributed by atoms with van der Waals surface area (Å²) < 4.78 is 24.9. The van der Waals surface area contributed by atoms with Crippen LogP contribution in [0.4, 0.5) is 0 Å². The van der Waals surface area contributed by atoms with E-state index < -0.39 is 16.0 Å². The van der Waals surface area contributed by atoms with Gasteiger partial charge in [-0.25, -0.2) is 17.5 Å². The van der Waals surface area contributed by atoms with Crippen molar-refractivity contribution in [3.8, 4) is 0 Å². The molecule has 1 heterocycles. The molecule has 0 aliphatic rings. The Morgan fingerprint density at radius 3 is 2.62 bits per heavy atom. The molecule has 1 aromatic rings. The van der Waals surface area contributed by atoms with Crippen molar-refractivity contribution >= 4 is 16.0 Å². The van der Waals surface area contributed by atoms with Crippen LogP contribution in [-0.4, -0.2) is 42.4 Å². The molecule has 0 aliphatic heterocycles. The number of nitrogens with one attached hydrogen (secondary N) is 1. The van der Waals surface area contributed by atoms with E-state index in [1.54, 1.807) is 0 Å². The second-order valence-electron chi connectivity index (χ2n) is 3.38. The number of hydrogen-bond donors (Lipinski definition) is 2. The number of hydrogen-bond acceptors (Lipinski definition) is 3. The van der Waals surface area contributed by atoms with Gasteiger partial charge in [-0.05, 0) is 12.5 Å². The summed E-state index contributed by atoms with van der Waals surface area (Å²) in [4.78, 5) is 13.0. The van der Waals surface area contributed by atoms with Crippen LogP contribution >= 0.6 is 0 Å². The second-order valence-corrected chi connectivity index (χ2v) is 5.43. The van der Waals surface area contributed by atoms with Gasteiger partial charge in [0.25, 0.3) is 0 Å². The topological polar surface area (TPSA) is 90.5 Å². The number of carbonyl (C=O) groups is 1. The van der Waals surface area contributed by atoms with E-state index in [1.165, 1.54) is 17.5 Å². The van der Waals surface area contributed by atoms with Crippen LogP contribution in [-0.2, 0) is 10.0 Å². The number of aromatic nitrogens is 1. The Labute approximate surface area is 93.9 Å². The van der Waals surface area contributed by atoms with E-state index >= 15 is 0 Å². The monoisotopic (exact) mass is 246 g/mol. The lowest BCUT2D eigenvalue weighted by Crippen LogP contribution is -2.27. The van der Waals surface area contributed by atoms with Crippen molar-refractivity contribution in [3.63, 3.8) is 0 Å². The van der Waals surface area contributed by atoms with Crippen LogP contribution in [0.15, 0.2) is 17.2 Å². The Bertz CT molecular complexity index is 477. The summed E-state index contributed by atoms with van der Waals surface area (Å²) in [7, 11) is -2.11. The van der Waals surface area contributed by atoms with Crippen molar-refractivity contribution in [2.24, 2.45) is 0 Å². The lowest BCUT2D eigenvalue weighted by molar-refractivity contribution is 0.0691. The standard InChI is InChI=1S/C9H14N2O4S/c1-3-4-11(2)16(14,15)7-5-8(9(12)13)10-6-7/h5-6,10H,3-4H2,1-2H3,(H,12,13). The molecule has 0 amide bonds. The molecule has 0 aromatic carbocycles. The average molecular weight is 246 g/mol. The molecule has 2 N–H and O–H groups in total. The third kappa shape index (κ3) is 2.42. The molecule has 6 nitrogen and oxygen atoms in total. The molecule has 0 saturated carbocycles. The fourth-order valence-corrected chi connectivity index (χ4v) is 2.52. The first-order chi connectivity index (χ1) is 7.39. The second kappa shape index (κ2) is 4.67. The summed E-state index contributed by atoms with van der Waals surface area (Å²) >= 11 is 0. The zero-order valence-corrected chi connectivity index (χ0v) is 9.91. The van der Waals surface area contributed by atoms with Crippen LogP contribution in [0, 0.1) is 0 Å². The first-order valence-corrected chi connectivity index (χ1v) is 6.21. The molecule has 0 spiro atoms. The van der Waals surface area contributed by atoms with Crippen LogP contribution < -0.4 is 0 Å². The molecule has 1 aromatic heterocycles. The molecule has 0 atom stereocenters. The lowest BCUT2D eigenvalue weighted by atomic mass is 10.4. The molecule has 1 rings (SSSR count). The smallest absolute Gasteiger partial charge is 0.352 e. The van der Waals surface area contributed by atoms with Crippen LogP contribution in [0.2, 0.25) is 0 Å². The molecule has 0 bridgehead atoms. The fourth-order valence-electron chi connectivity index (χ4n) is 1.26. The Kier molecular flexibility index (Phi) is 3.71. The van der Waals surface area contributed by atoms with E-state index in [2.05, 4.69) is 4.98 Å². The van der Waals surface area contributed by atoms with Crippen molar-refractivity contribution in [1.82, 2.24) is 9.29 Å². The van der Waals surface area contributed by atoms with Crippen molar-refractivity contribution in [2.45, 2.75) is 18.2 Å². The van der Waals surface area contributed by atoms with Crippen LogP contribution in [0.3, 0.4) is 0 Å². The van der Waals surface area contributed by atoms with Crippen LogP contribution in [0.25, 0.3) is 0 Å². The van der Waals surface area contributed by atoms with E-state index in [-0.39, 0.29) is 10.6 Å². The normalized spacial score (nSPS) is 11.9. The fraction of sp³-hybridized carbons (Fsp3) is 0.444. The van der Waals surface area contributed by atoms with Crippen LogP contribution in [0.1, 0.15) is 23.8 Å². The number of H-pyrrole nitrogens is 1. The number of aromatic amines is 1. The average Bonchev–Trinajstić information content (AvgIpc) is 2.67. The van der Waals surface area contributed by atoms with Gasteiger partial charge in [0, 0.05) is 19.8 Å². The molecular weight excluding hydrogens is 232 g/mol. The van der Waals surface area contributed by atoms with Crippen molar-refractivity contribution in [1.29, 1.82) is 0 Å². The largest absolute Gasteiger partial charge is 0.477 e. The first kappa shape index (κ1) is 12.7. The first-order valence-electron chi connectivity index (χ1n) is 4.77. The molecule has 0 unspecified atom stereocenters. The van der Waals surface area contributed by atoms with E-state index in [9.17, 15) is 13.2 Å². The highest BCUT2D eigenvalue weighted by molar-refractivity contribution is 7.89. The molecular formula is C9H14N2O4S.